The molecule has 2 N–H and O–H groups in total. The molecule has 0 aliphatic carbocycles. The van der Waals surface area contributed by atoms with Crippen molar-refractivity contribution >= 4 is 7.67 Å². The van der Waals surface area contributed by atoms with Gasteiger partial charge in [0.1, 0.15) is 18.8 Å². The van der Waals surface area contributed by atoms with Crippen LogP contribution in [0.2, 0.25) is 0 Å². The molecule has 0 unspecified atom stereocenters. The lowest BCUT2D eigenvalue weighted by atomic mass is 10.1. The molecule has 0 bridgehead atoms. The van der Waals surface area contributed by atoms with Gasteiger partial charge in [0.2, 0.25) is 0 Å². The molecule has 0 saturated heterocycles. The van der Waals surface area contributed by atoms with Gasteiger partial charge >= 0.3 is 7.67 Å². The summed E-state index contributed by atoms with van der Waals surface area (Å²) in [6, 6.07) is 31.0. The van der Waals surface area contributed by atoms with Crippen LogP contribution < -0.4 is 14.7 Å². The second kappa shape index (κ2) is 16.8. The van der Waals surface area contributed by atoms with Crippen molar-refractivity contribution in [1.82, 2.24) is 10.2 Å². The van der Waals surface area contributed by atoms with Gasteiger partial charge in [0.05, 0.1) is 39.3 Å². The zero-order chi connectivity index (χ0) is 29.4. The van der Waals surface area contributed by atoms with E-state index in [1.54, 1.807) is 0 Å². The minimum Gasteiger partial charge on any atom is -0.422 e. The predicted octanol–water partition coefficient (Wildman–Crippen LogP) is 7.25. The Morgan fingerprint density at radius 3 is 1.32 bits per heavy atom. The van der Waals surface area contributed by atoms with Gasteiger partial charge < -0.3 is 13.5 Å². The van der Waals surface area contributed by atoms with Gasteiger partial charge in [-0.1, -0.05) is 78.9 Å². The van der Waals surface area contributed by atoms with Gasteiger partial charge in [-0.3, -0.25) is 0 Å². The van der Waals surface area contributed by atoms with Crippen LogP contribution in [0, 0.1) is 0 Å². The number of quaternary nitrogens is 2. The average Bonchev–Trinajstić information content (AvgIpc) is 3.02. The first kappa shape index (κ1) is 33.0. The Hall–Kier alpha value is -2.47. The number of rotatable bonds is 20. The topological polar surface area (TPSA) is 50.4 Å². The van der Waals surface area contributed by atoms with Crippen molar-refractivity contribution in [2.24, 2.45) is 0 Å². The third-order valence-corrected chi connectivity index (χ3v) is 10.4. The van der Waals surface area contributed by atoms with E-state index in [2.05, 4.69) is 98.5 Å². The second-order valence-electron chi connectivity index (χ2n) is 11.2. The maximum Gasteiger partial charge on any atom is 0.390 e. The van der Waals surface area contributed by atoms with Gasteiger partial charge in [-0.25, -0.2) is 14.7 Å². The molecule has 3 rings (SSSR count). The molecule has 0 atom stereocenters. The van der Waals surface area contributed by atoms with Gasteiger partial charge in [-0.2, -0.15) is 0 Å². The van der Waals surface area contributed by atoms with Crippen molar-refractivity contribution in [3.8, 4) is 5.75 Å². The molecule has 224 valence electrons. The van der Waals surface area contributed by atoms with Gasteiger partial charge in [-0.15, -0.1) is 0 Å². The van der Waals surface area contributed by atoms with E-state index in [9.17, 15) is 4.57 Å². The van der Waals surface area contributed by atoms with Crippen LogP contribution in [0.15, 0.2) is 91.0 Å². The lowest BCUT2D eigenvalue weighted by Gasteiger charge is -2.37. The number of nitrogens with zero attached hydrogens (tertiary/aromatic N) is 2. The van der Waals surface area contributed by atoms with Crippen LogP contribution in [-0.4, -0.2) is 61.3 Å². The molecule has 3 aromatic carbocycles. The summed E-state index contributed by atoms with van der Waals surface area (Å²) in [5.74, 6) is 0.614. The van der Waals surface area contributed by atoms with Crippen LogP contribution in [0.25, 0.3) is 0 Å². The summed E-state index contributed by atoms with van der Waals surface area (Å²) in [6.45, 7) is 18.7. The zero-order valence-corrected chi connectivity index (χ0v) is 26.7. The summed E-state index contributed by atoms with van der Waals surface area (Å²) < 4.78 is 22.1. The molecule has 0 spiro atoms. The van der Waals surface area contributed by atoms with Crippen molar-refractivity contribution < 1.29 is 18.1 Å². The van der Waals surface area contributed by atoms with Crippen LogP contribution in [-0.2, 0) is 17.7 Å². The monoisotopic (exact) mass is 580 g/mol. The van der Waals surface area contributed by atoms with Crippen LogP contribution in [0.3, 0.4) is 0 Å². The van der Waals surface area contributed by atoms with Crippen LogP contribution in [0.5, 0.6) is 5.75 Å². The summed E-state index contributed by atoms with van der Waals surface area (Å²) >= 11 is 0. The molecular weight excluding hydrogens is 527 g/mol. The van der Waals surface area contributed by atoms with E-state index in [0.29, 0.717) is 18.8 Å². The highest BCUT2D eigenvalue weighted by molar-refractivity contribution is 7.55. The fourth-order valence-corrected chi connectivity index (χ4v) is 7.22. The van der Waals surface area contributed by atoms with Gasteiger partial charge in [0, 0.05) is 37.1 Å². The van der Waals surface area contributed by atoms with E-state index in [1.807, 2.05) is 30.3 Å². The lowest BCUT2D eigenvalue weighted by molar-refractivity contribution is -0.937. The number of hydrogen-bond donors (Lipinski definition) is 2. The van der Waals surface area contributed by atoms with Crippen molar-refractivity contribution in [3.05, 3.63) is 102 Å². The molecule has 0 radical (unpaired) electrons. The Balaban J connectivity index is 1.58. The lowest BCUT2D eigenvalue weighted by Crippen LogP contribution is -2.48. The Morgan fingerprint density at radius 2 is 0.951 bits per heavy atom. The molecule has 0 aliphatic heterocycles. The van der Waals surface area contributed by atoms with Crippen molar-refractivity contribution in [3.63, 3.8) is 0 Å². The molecule has 7 heteroatoms. The standard InChI is InChI=1S/C34H53N4O2P/c1-5-37(6-2,30-32-20-12-9-13-21-32)28-18-26-35-41(39,40-34-24-16-11-17-25-34)36-27-19-29-38(7-3,8-4)31-33-22-14-10-15-23-33/h9-17,20-25H,5-8,18-19,26-31H2,1-4H3,(H2,35,36,39)/q+2. The number of hydrogen-bond acceptors (Lipinski definition) is 2. The minimum atomic E-state index is -3.29. The molecule has 0 aliphatic rings. The molecule has 6 nitrogen and oxygen atoms in total. The Bertz CT molecular complexity index is 1080. The first-order chi connectivity index (χ1) is 19.9. The number of benzene rings is 3. The third-order valence-electron chi connectivity index (χ3n) is 8.64. The third kappa shape index (κ3) is 10.7. The minimum absolute atomic E-state index is 0.614. The average molecular weight is 581 g/mol. The van der Waals surface area contributed by atoms with E-state index in [0.717, 1.165) is 74.2 Å². The second-order valence-corrected chi connectivity index (χ2v) is 13.1. The molecule has 0 aromatic heterocycles. The highest BCUT2D eigenvalue weighted by atomic mass is 31.2. The molecule has 0 fully saturated rings. The molecular formula is C34H53N4O2P+2. The Kier molecular flexibility index (Phi) is 13.6. The normalized spacial score (nSPS) is 12.4. The van der Waals surface area contributed by atoms with E-state index < -0.39 is 7.67 Å². The van der Waals surface area contributed by atoms with Crippen LogP contribution >= 0.6 is 7.67 Å². The molecule has 3 aromatic rings. The van der Waals surface area contributed by atoms with E-state index >= 15 is 0 Å². The van der Waals surface area contributed by atoms with Crippen molar-refractivity contribution in [1.29, 1.82) is 0 Å². The Labute approximate surface area is 249 Å². The molecule has 0 amide bonds. The van der Waals surface area contributed by atoms with E-state index in [-0.39, 0.29) is 0 Å². The van der Waals surface area contributed by atoms with Crippen LogP contribution in [0.4, 0.5) is 0 Å². The summed E-state index contributed by atoms with van der Waals surface area (Å²) in [5.41, 5.74) is 2.73. The zero-order valence-electron chi connectivity index (χ0n) is 25.8. The van der Waals surface area contributed by atoms with Crippen LogP contribution in [0.1, 0.15) is 51.7 Å². The van der Waals surface area contributed by atoms with E-state index in [1.165, 1.54) is 11.1 Å². The smallest absolute Gasteiger partial charge is 0.390 e. The van der Waals surface area contributed by atoms with Gasteiger partial charge in [-0.05, 0) is 39.8 Å². The predicted molar refractivity (Wildman–Crippen MR) is 173 cm³/mol. The van der Waals surface area contributed by atoms with Crippen molar-refractivity contribution in [2.45, 2.75) is 53.6 Å². The fourth-order valence-electron chi connectivity index (χ4n) is 5.66. The number of nitrogens with one attached hydrogen (secondary N) is 2. The first-order valence-corrected chi connectivity index (χ1v) is 17.1. The molecule has 41 heavy (non-hydrogen) atoms. The van der Waals surface area contributed by atoms with Crippen molar-refractivity contribution in [2.75, 3.05) is 52.4 Å². The maximum absolute atomic E-state index is 14.0. The quantitative estimate of drug-likeness (QED) is 0.0840. The van der Waals surface area contributed by atoms with E-state index in [4.69, 9.17) is 4.52 Å². The summed E-state index contributed by atoms with van der Waals surface area (Å²) in [4.78, 5) is 0. The van der Waals surface area contributed by atoms with Gasteiger partial charge in [0.25, 0.3) is 0 Å². The first-order valence-electron chi connectivity index (χ1n) is 15.5. The highest BCUT2D eigenvalue weighted by Crippen LogP contribution is 2.38. The summed E-state index contributed by atoms with van der Waals surface area (Å²) in [6.07, 6.45) is 1.84. The number of para-hydroxylation sites is 1. The largest absolute Gasteiger partial charge is 0.422 e. The maximum atomic E-state index is 14.0. The van der Waals surface area contributed by atoms with Gasteiger partial charge in [0.15, 0.2) is 0 Å². The fraction of sp³-hybridized carbons (Fsp3) is 0.471. The summed E-state index contributed by atoms with van der Waals surface area (Å²) in [5, 5.41) is 6.60. The Morgan fingerprint density at radius 1 is 0.585 bits per heavy atom. The molecule has 0 heterocycles. The highest BCUT2D eigenvalue weighted by Gasteiger charge is 2.28. The molecule has 0 saturated carbocycles. The summed E-state index contributed by atoms with van der Waals surface area (Å²) in [7, 11) is -3.29. The SMILES string of the molecule is CC[N+](CC)(CCCNP(=O)(NCCC[N+](CC)(CC)Cc1ccccc1)Oc1ccccc1)Cc1ccccc1.